The van der Waals surface area contributed by atoms with Crippen molar-refractivity contribution >= 4 is 0 Å². The van der Waals surface area contributed by atoms with Crippen LogP contribution < -0.4 is 5.32 Å². The lowest BCUT2D eigenvalue weighted by atomic mass is 9.75. The predicted molar refractivity (Wildman–Crippen MR) is 81.3 cm³/mol. The summed E-state index contributed by atoms with van der Waals surface area (Å²) < 4.78 is 12.9. The van der Waals surface area contributed by atoms with Gasteiger partial charge in [-0.05, 0) is 61.3 Å². The smallest absolute Gasteiger partial charge is 0.123 e. The molecular weight excluding hydrogens is 249 g/mol. The Kier molecular flexibility index (Phi) is 4.40. The van der Waals surface area contributed by atoms with E-state index in [2.05, 4.69) is 12.2 Å². The van der Waals surface area contributed by atoms with E-state index in [1.165, 1.54) is 50.6 Å². The van der Waals surface area contributed by atoms with Crippen LogP contribution in [0.5, 0.6) is 0 Å². The standard InChI is InChI=1S/C18H26FN/c1-13-4-2-3-5-15(13)12-20-18-10-16(11-18)14-6-8-17(19)9-7-14/h6-9,13,15-16,18,20H,2-5,10-12H2,1H3. The molecule has 1 N–H and O–H groups in total. The molecule has 3 rings (SSSR count). The van der Waals surface area contributed by atoms with E-state index < -0.39 is 0 Å². The van der Waals surface area contributed by atoms with E-state index in [1.54, 1.807) is 12.1 Å². The summed E-state index contributed by atoms with van der Waals surface area (Å²) in [6.45, 7) is 3.61. The Hall–Kier alpha value is -0.890. The van der Waals surface area contributed by atoms with Crippen LogP contribution in [0.3, 0.4) is 0 Å². The van der Waals surface area contributed by atoms with Gasteiger partial charge in [0.15, 0.2) is 0 Å². The van der Waals surface area contributed by atoms with Gasteiger partial charge in [-0.3, -0.25) is 0 Å². The molecule has 1 nitrogen and oxygen atoms in total. The SMILES string of the molecule is CC1CCCCC1CNC1CC(c2ccc(F)cc2)C1. The van der Waals surface area contributed by atoms with Crippen molar-refractivity contribution in [3.63, 3.8) is 0 Å². The van der Waals surface area contributed by atoms with Gasteiger partial charge in [-0.15, -0.1) is 0 Å². The zero-order valence-electron chi connectivity index (χ0n) is 12.4. The van der Waals surface area contributed by atoms with Crippen molar-refractivity contribution in [2.45, 2.75) is 57.4 Å². The number of hydrogen-bond donors (Lipinski definition) is 1. The van der Waals surface area contributed by atoms with Crippen molar-refractivity contribution in [3.8, 4) is 0 Å². The number of benzene rings is 1. The molecule has 0 aromatic heterocycles. The Morgan fingerprint density at radius 3 is 2.50 bits per heavy atom. The lowest BCUT2D eigenvalue weighted by Crippen LogP contribution is -2.43. The molecule has 2 fully saturated rings. The van der Waals surface area contributed by atoms with Crippen molar-refractivity contribution in [1.82, 2.24) is 5.32 Å². The van der Waals surface area contributed by atoms with Gasteiger partial charge in [0.05, 0.1) is 0 Å². The molecule has 0 radical (unpaired) electrons. The molecular formula is C18H26FN. The maximum absolute atomic E-state index is 12.9. The third kappa shape index (κ3) is 3.22. The summed E-state index contributed by atoms with van der Waals surface area (Å²) in [6.07, 6.45) is 8.09. The monoisotopic (exact) mass is 275 g/mol. The lowest BCUT2D eigenvalue weighted by Gasteiger charge is -2.38. The summed E-state index contributed by atoms with van der Waals surface area (Å²) in [5, 5.41) is 3.76. The van der Waals surface area contributed by atoms with Gasteiger partial charge >= 0.3 is 0 Å². The Labute approximate surface area is 122 Å². The van der Waals surface area contributed by atoms with E-state index in [0.29, 0.717) is 12.0 Å². The molecule has 2 aliphatic rings. The average Bonchev–Trinajstić information content (AvgIpc) is 2.41. The summed E-state index contributed by atoms with van der Waals surface area (Å²) in [5.41, 5.74) is 1.30. The molecule has 0 saturated heterocycles. The zero-order valence-corrected chi connectivity index (χ0v) is 12.4. The van der Waals surface area contributed by atoms with Crippen LogP contribution in [0.2, 0.25) is 0 Å². The van der Waals surface area contributed by atoms with Gasteiger partial charge in [-0.1, -0.05) is 38.3 Å². The molecule has 2 saturated carbocycles. The molecule has 110 valence electrons. The highest BCUT2D eigenvalue weighted by molar-refractivity contribution is 5.23. The molecule has 0 heterocycles. The highest BCUT2D eigenvalue weighted by Gasteiger charge is 2.31. The molecule has 2 atom stereocenters. The van der Waals surface area contributed by atoms with Crippen LogP contribution in [0.15, 0.2) is 24.3 Å². The minimum atomic E-state index is -0.131. The van der Waals surface area contributed by atoms with Crippen molar-refractivity contribution in [1.29, 1.82) is 0 Å². The second-order valence-corrected chi connectivity index (χ2v) is 6.85. The molecule has 0 spiro atoms. The topological polar surface area (TPSA) is 12.0 Å². The van der Waals surface area contributed by atoms with Gasteiger partial charge < -0.3 is 5.32 Å². The number of hydrogen-bond acceptors (Lipinski definition) is 1. The third-order valence-corrected chi connectivity index (χ3v) is 5.44. The van der Waals surface area contributed by atoms with Crippen LogP contribution in [0.25, 0.3) is 0 Å². The first-order valence-electron chi connectivity index (χ1n) is 8.21. The number of nitrogens with one attached hydrogen (secondary N) is 1. The first kappa shape index (κ1) is 14.1. The highest BCUT2D eigenvalue weighted by atomic mass is 19.1. The fraction of sp³-hybridized carbons (Fsp3) is 0.667. The fourth-order valence-corrected chi connectivity index (χ4v) is 3.81. The van der Waals surface area contributed by atoms with Gasteiger partial charge in [0.1, 0.15) is 5.82 Å². The quantitative estimate of drug-likeness (QED) is 0.854. The van der Waals surface area contributed by atoms with Crippen LogP contribution in [0.1, 0.15) is 56.9 Å². The highest BCUT2D eigenvalue weighted by Crippen LogP contribution is 2.37. The molecule has 2 heteroatoms. The fourth-order valence-electron chi connectivity index (χ4n) is 3.81. The van der Waals surface area contributed by atoms with Gasteiger partial charge in [0.2, 0.25) is 0 Å². The van der Waals surface area contributed by atoms with Crippen molar-refractivity contribution in [3.05, 3.63) is 35.6 Å². The number of rotatable bonds is 4. The average molecular weight is 275 g/mol. The van der Waals surface area contributed by atoms with E-state index in [1.807, 2.05) is 12.1 Å². The normalized spacial score (nSPS) is 33.7. The Balaban J connectivity index is 1.41. The molecule has 1 aromatic carbocycles. The maximum Gasteiger partial charge on any atom is 0.123 e. The van der Waals surface area contributed by atoms with Gasteiger partial charge in [-0.25, -0.2) is 4.39 Å². The summed E-state index contributed by atoms with van der Waals surface area (Å²) >= 11 is 0. The van der Waals surface area contributed by atoms with E-state index in [0.717, 1.165) is 11.8 Å². The van der Waals surface area contributed by atoms with Crippen LogP contribution in [-0.4, -0.2) is 12.6 Å². The minimum Gasteiger partial charge on any atom is -0.314 e. The van der Waals surface area contributed by atoms with Crippen LogP contribution >= 0.6 is 0 Å². The van der Waals surface area contributed by atoms with Gasteiger partial charge in [0.25, 0.3) is 0 Å². The molecule has 2 aliphatic carbocycles. The summed E-state index contributed by atoms with van der Waals surface area (Å²) in [7, 11) is 0. The predicted octanol–water partition coefficient (Wildman–Crippen LogP) is 4.49. The van der Waals surface area contributed by atoms with E-state index >= 15 is 0 Å². The second-order valence-electron chi connectivity index (χ2n) is 6.85. The van der Waals surface area contributed by atoms with E-state index in [9.17, 15) is 4.39 Å². The first-order valence-corrected chi connectivity index (χ1v) is 8.21. The molecule has 0 amide bonds. The maximum atomic E-state index is 12.9. The second kappa shape index (κ2) is 6.26. The summed E-state index contributed by atoms with van der Waals surface area (Å²) in [6, 6.07) is 7.73. The summed E-state index contributed by atoms with van der Waals surface area (Å²) in [5.74, 6) is 2.28. The summed E-state index contributed by atoms with van der Waals surface area (Å²) in [4.78, 5) is 0. The molecule has 1 aromatic rings. The van der Waals surface area contributed by atoms with E-state index in [4.69, 9.17) is 0 Å². The third-order valence-electron chi connectivity index (χ3n) is 5.44. The Bertz CT molecular complexity index is 422. The Morgan fingerprint density at radius 1 is 1.10 bits per heavy atom. The minimum absolute atomic E-state index is 0.131. The zero-order chi connectivity index (χ0) is 13.9. The largest absolute Gasteiger partial charge is 0.314 e. The van der Waals surface area contributed by atoms with Crippen molar-refractivity contribution < 1.29 is 4.39 Å². The van der Waals surface area contributed by atoms with Crippen molar-refractivity contribution in [2.24, 2.45) is 11.8 Å². The van der Waals surface area contributed by atoms with E-state index in [-0.39, 0.29) is 5.82 Å². The van der Waals surface area contributed by atoms with Gasteiger partial charge in [0, 0.05) is 6.04 Å². The lowest BCUT2D eigenvalue weighted by molar-refractivity contribution is 0.213. The first-order chi connectivity index (χ1) is 9.72. The molecule has 20 heavy (non-hydrogen) atoms. The molecule has 0 aliphatic heterocycles. The van der Waals surface area contributed by atoms with Crippen LogP contribution in [0.4, 0.5) is 4.39 Å². The van der Waals surface area contributed by atoms with Crippen molar-refractivity contribution in [2.75, 3.05) is 6.54 Å². The Morgan fingerprint density at radius 2 is 1.80 bits per heavy atom. The van der Waals surface area contributed by atoms with Crippen LogP contribution in [0, 0.1) is 17.7 Å². The van der Waals surface area contributed by atoms with Crippen LogP contribution in [-0.2, 0) is 0 Å². The number of halogens is 1. The van der Waals surface area contributed by atoms with Gasteiger partial charge in [-0.2, -0.15) is 0 Å². The molecule has 2 unspecified atom stereocenters. The molecule has 0 bridgehead atoms.